The Morgan fingerprint density at radius 3 is 2.67 bits per heavy atom. The van der Waals surface area contributed by atoms with Crippen LogP contribution in [-0.4, -0.2) is 11.1 Å². The largest absolute Gasteiger partial charge is 0.481 e. The highest BCUT2D eigenvalue weighted by atomic mass is 16.4. The van der Waals surface area contributed by atoms with Crippen LogP contribution in [0.1, 0.15) is 38.5 Å². The number of aliphatic carboxylic acids is 1. The Morgan fingerprint density at radius 1 is 1.42 bits per heavy atom. The predicted octanol–water partition coefficient (Wildman–Crippen LogP) is 2.04. The average Bonchev–Trinajstić information content (AvgIpc) is 2.49. The normalized spacial score (nSPS) is 17.0. The van der Waals surface area contributed by atoms with E-state index in [0.29, 0.717) is 12.3 Å². The Hall–Kier alpha value is -0.970. The van der Waals surface area contributed by atoms with Gasteiger partial charge in [0.25, 0.3) is 0 Å². The zero-order valence-corrected chi connectivity index (χ0v) is 7.18. The minimum atomic E-state index is -0.754. The topological polar surface area (TPSA) is 37.3 Å². The van der Waals surface area contributed by atoms with Gasteiger partial charge in [0.15, 0.2) is 0 Å². The highest BCUT2D eigenvalue weighted by Gasteiger charge is 2.11. The van der Waals surface area contributed by atoms with Crippen LogP contribution in [0, 0.1) is 17.8 Å². The van der Waals surface area contributed by atoms with Crippen LogP contribution in [0.4, 0.5) is 0 Å². The van der Waals surface area contributed by atoms with Crippen molar-refractivity contribution >= 4 is 5.97 Å². The first kappa shape index (κ1) is 9.12. The quantitative estimate of drug-likeness (QED) is 0.637. The second-order valence-corrected chi connectivity index (χ2v) is 3.20. The van der Waals surface area contributed by atoms with Crippen molar-refractivity contribution in [3.8, 4) is 11.8 Å². The summed E-state index contributed by atoms with van der Waals surface area (Å²) in [7, 11) is 0. The van der Waals surface area contributed by atoms with Crippen molar-refractivity contribution in [3.63, 3.8) is 0 Å². The van der Waals surface area contributed by atoms with E-state index in [1.807, 2.05) is 0 Å². The number of carbonyl (C=O) groups is 1. The molecular formula is C10H14O2. The van der Waals surface area contributed by atoms with E-state index >= 15 is 0 Å². The summed E-state index contributed by atoms with van der Waals surface area (Å²) in [5.41, 5.74) is 0. The molecule has 0 unspecified atom stereocenters. The van der Waals surface area contributed by atoms with Gasteiger partial charge in [0.05, 0.1) is 6.42 Å². The first-order chi connectivity index (χ1) is 5.79. The van der Waals surface area contributed by atoms with Gasteiger partial charge in [-0.25, -0.2) is 0 Å². The molecule has 0 heterocycles. The Kier molecular flexibility index (Phi) is 3.66. The van der Waals surface area contributed by atoms with E-state index in [2.05, 4.69) is 11.8 Å². The van der Waals surface area contributed by atoms with E-state index < -0.39 is 5.97 Å². The van der Waals surface area contributed by atoms with Gasteiger partial charge in [-0.3, -0.25) is 4.79 Å². The zero-order chi connectivity index (χ0) is 8.81. The third-order valence-corrected chi connectivity index (χ3v) is 2.13. The van der Waals surface area contributed by atoms with Crippen molar-refractivity contribution in [1.29, 1.82) is 0 Å². The molecule has 2 heteroatoms. The van der Waals surface area contributed by atoms with Gasteiger partial charge < -0.3 is 5.11 Å². The van der Waals surface area contributed by atoms with Crippen molar-refractivity contribution in [2.45, 2.75) is 38.5 Å². The van der Waals surface area contributed by atoms with Gasteiger partial charge in [-0.2, -0.15) is 0 Å². The third kappa shape index (κ3) is 3.43. The van der Waals surface area contributed by atoms with Gasteiger partial charge >= 0.3 is 5.97 Å². The molecule has 1 fully saturated rings. The molecule has 2 nitrogen and oxygen atoms in total. The lowest BCUT2D eigenvalue weighted by atomic mass is 10.1. The second kappa shape index (κ2) is 4.82. The summed E-state index contributed by atoms with van der Waals surface area (Å²) >= 11 is 0. The van der Waals surface area contributed by atoms with Crippen LogP contribution in [0.3, 0.4) is 0 Å². The minimum Gasteiger partial charge on any atom is -0.481 e. The maximum Gasteiger partial charge on any atom is 0.304 e. The Labute approximate surface area is 73.0 Å². The highest BCUT2D eigenvalue weighted by Crippen LogP contribution is 2.23. The third-order valence-electron chi connectivity index (χ3n) is 2.13. The smallest absolute Gasteiger partial charge is 0.304 e. The lowest BCUT2D eigenvalue weighted by molar-refractivity contribution is -0.136. The molecule has 0 radical (unpaired) electrons. The predicted molar refractivity (Wildman–Crippen MR) is 46.6 cm³/mol. The Morgan fingerprint density at radius 2 is 2.08 bits per heavy atom. The van der Waals surface area contributed by atoms with E-state index in [-0.39, 0.29) is 6.42 Å². The van der Waals surface area contributed by atoms with Crippen LogP contribution in [-0.2, 0) is 4.79 Å². The minimum absolute atomic E-state index is 0.180. The Balaban J connectivity index is 2.14. The van der Waals surface area contributed by atoms with Crippen LogP contribution in [0.5, 0.6) is 0 Å². The number of rotatable bonds is 2. The first-order valence-corrected chi connectivity index (χ1v) is 4.49. The average molecular weight is 166 g/mol. The fourth-order valence-electron chi connectivity index (χ4n) is 1.46. The van der Waals surface area contributed by atoms with E-state index in [0.717, 1.165) is 0 Å². The number of hydrogen-bond acceptors (Lipinski definition) is 1. The van der Waals surface area contributed by atoms with Crippen LogP contribution in [0.15, 0.2) is 0 Å². The summed E-state index contributed by atoms with van der Waals surface area (Å²) in [6.07, 6.45) is 5.68. The van der Waals surface area contributed by atoms with Gasteiger partial charge in [0.1, 0.15) is 0 Å². The van der Waals surface area contributed by atoms with E-state index in [1.54, 1.807) is 0 Å². The molecule has 66 valence electrons. The van der Waals surface area contributed by atoms with Crippen LogP contribution < -0.4 is 0 Å². The molecule has 0 aliphatic heterocycles. The summed E-state index contributed by atoms with van der Waals surface area (Å²) in [6.45, 7) is 0. The molecule has 0 saturated heterocycles. The molecular weight excluding hydrogens is 152 g/mol. The SMILES string of the molecule is O=C(O)CCC#CC1CCCC1. The highest BCUT2D eigenvalue weighted by molar-refractivity contribution is 5.66. The summed E-state index contributed by atoms with van der Waals surface area (Å²) < 4.78 is 0. The molecule has 0 atom stereocenters. The fraction of sp³-hybridized carbons (Fsp3) is 0.700. The van der Waals surface area contributed by atoms with E-state index in [1.165, 1.54) is 25.7 Å². The number of carboxylic acids is 1. The molecule has 1 aliphatic rings. The molecule has 0 aromatic heterocycles. The molecule has 1 saturated carbocycles. The van der Waals surface area contributed by atoms with Crippen molar-refractivity contribution in [1.82, 2.24) is 0 Å². The van der Waals surface area contributed by atoms with Crippen LogP contribution in [0.2, 0.25) is 0 Å². The lowest BCUT2D eigenvalue weighted by Gasteiger charge is -1.94. The maximum atomic E-state index is 10.1. The van der Waals surface area contributed by atoms with Crippen molar-refractivity contribution in [2.24, 2.45) is 5.92 Å². The lowest BCUT2D eigenvalue weighted by Crippen LogP contribution is -1.92. The van der Waals surface area contributed by atoms with Crippen LogP contribution in [0.25, 0.3) is 0 Å². The van der Waals surface area contributed by atoms with Crippen LogP contribution >= 0.6 is 0 Å². The molecule has 0 aromatic rings. The van der Waals surface area contributed by atoms with Gasteiger partial charge in [0.2, 0.25) is 0 Å². The fourth-order valence-corrected chi connectivity index (χ4v) is 1.46. The first-order valence-electron chi connectivity index (χ1n) is 4.49. The molecule has 12 heavy (non-hydrogen) atoms. The van der Waals surface area contributed by atoms with Crippen molar-refractivity contribution in [3.05, 3.63) is 0 Å². The van der Waals surface area contributed by atoms with E-state index in [9.17, 15) is 4.79 Å². The molecule has 0 amide bonds. The van der Waals surface area contributed by atoms with Gasteiger partial charge in [0, 0.05) is 12.3 Å². The second-order valence-electron chi connectivity index (χ2n) is 3.20. The molecule has 0 aromatic carbocycles. The van der Waals surface area contributed by atoms with Gasteiger partial charge in [-0.1, -0.05) is 18.8 Å². The molecule has 0 bridgehead atoms. The monoisotopic (exact) mass is 166 g/mol. The number of carboxylic acid groups (broad SMARTS) is 1. The van der Waals surface area contributed by atoms with Crippen molar-refractivity contribution in [2.75, 3.05) is 0 Å². The van der Waals surface area contributed by atoms with Gasteiger partial charge in [-0.15, -0.1) is 5.92 Å². The summed E-state index contributed by atoms with van der Waals surface area (Å²) in [5.74, 6) is 5.85. The molecule has 1 N–H and O–H groups in total. The molecule has 0 spiro atoms. The maximum absolute atomic E-state index is 10.1. The van der Waals surface area contributed by atoms with Crippen molar-refractivity contribution < 1.29 is 9.90 Å². The summed E-state index contributed by atoms with van der Waals surface area (Å²) in [6, 6.07) is 0. The summed E-state index contributed by atoms with van der Waals surface area (Å²) in [4.78, 5) is 10.1. The standard InChI is InChI=1S/C10H14O2/c11-10(12)8-4-3-7-9-5-1-2-6-9/h9H,1-2,4-6,8H2,(H,11,12). The zero-order valence-electron chi connectivity index (χ0n) is 7.18. The Bertz CT molecular complexity index is 204. The van der Waals surface area contributed by atoms with E-state index in [4.69, 9.17) is 5.11 Å². The summed E-state index contributed by atoms with van der Waals surface area (Å²) in [5, 5.41) is 8.34. The number of hydrogen-bond donors (Lipinski definition) is 1. The van der Waals surface area contributed by atoms with Gasteiger partial charge in [-0.05, 0) is 12.8 Å². The molecule has 1 rings (SSSR count). The molecule has 1 aliphatic carbocycles.